The Kier molecular flexibility index (Phi) is 3.64. The Hall–Kier alpha value is -1.55. The molecular weight excluding hydrogens is 216 g/mol. The predicted octanol–water partition coefficient (Wildman–Crippen LogP) is 1.50. The quantitative estimate of drug-likeness (QED) is 0.742. The van der Waals surface area contributed by atoms with E-state index in [9.17, 15) is 9.90 Å². The third-order valence-electron chi connectivity index (χ3n) is 3.23. The largest absolute Gasteiger partial charge is 0.391 e. The van der Waals surface area contributed by atoms with E-state index in [1.54, 1.807) is 18.2 Å². The predicted molar refractivity (Wildman–Crippen MR) is 66.8 cm³/mol. The van der Waals surface area contributed by atoms with Gasteiger partial charge < -0.3 is 16.2 Å². The molecule has 0 aliphatic heterocycles. The monoisotopic (exact) mass is 234 g/mol. The Bertz CT molecular complexity index is 406. The smallest absolute Gasteiger partial charge is 0.248 e. The van der Waals surface area contributed by atoms with Crippen LogP contribution in [0.5, 0.6) is 0 Å². The number of aliphatic hydroxyl groups excluding tert-OH is 1. The van der Waals surface area contributed by atoms with Gasteiger partial charge in [0.15, 0.2) is 0 Å². The molecule has 4 nitrogen and oxygen atoms in total. The molecular formula is C13H18N2O2. The van der Waals surface area contributed by atoms with E-state index in [2.05, 4.69) is 5.32 Å². The van der Waals surface area contributed by atoms with Gasteiger partial charge >= 0.3 is 0 Å². The lowest BCUT2D eigenvalue weighted by Gasteiger charge is -2.29. The number of carbonyl (C=O) groups excluding carboxylic acids is 1. The highest BCUT2D eigenvalue weighted by molar-refractivity contribution is 5.93. The first-order valence-electron chi connectivity index (χ1n) is 6.01. The van der Waals surface area contributed by atoms with Crippen LogP contribution in [0.1, 0.15) is 36.0 Å². The van der Waals surface area contributed by atoms with Gasteiger partial charge in [0.05, 0.1) is 12.1 Å². The Morgan fingerprint density at radius 3 is 2.82 bits per heavy atom. The van der Waals surface area contributed by atoms with E-state index in [-0.39, 0.29) is 12.1 Å². The number of hydrogen-bond acceptors (Lipinski definition) is 3. The molecule has 0 aromatic heterocycles. The average molecular weight is 234 g/mol. The SMILES string of the molecule is NC(=O)c1cccc(N[C@@H]2CCCC[C@H]2O)c1. The number of aliphatic hydroxyl groups is 1. The van der Waals surface area contributed by atoms with Crippen LogP contribution in [0, 0.1) is 0 Å². The van der Waals surface area contributed by atoms with Gasteiger partial charge in [0.25, 0.3) is 0 Å². The van der Waals surface area contributed by atoms with Crippen molar-refractivity contribution in [2.75, 3.05) is 5.32 Å². The van der Waals surface area contributed by atoms with E-state index < -0.39 is 5.91 Å². The molecule has 0 radical (unpaired) electrons. The molecule has 1 aliphatic carbocycles. The summed E-state index contributed by atoms with van der Waals surface area (Å²) in [6.45, 7) is 0. The first-order valence-corrected chi connectivity index (χ1v) is 6.01. The van der Waals surface area contributed by atoms with Crippen LogP contribution in [-0.4, -0.2) is 23.2 Å². The van der Waals surface area contributed by atoms with Gasteiger partial charge in [0.2, 0.25) is 5.91 Å². The highest BCUT2D eigenvalue weighted by Gasteiger charge is 2.22. The van der Waals surface area contributed by atoms with Gasteiger partial charge in [-0.3, -0.25) is 4.79 Å². The van der Waals surface area contributed by atoms with Gasteiger partial charge in [-0.15, -0.1) is 0 Å². The number of anilines is 1. The van der Waals surface area contributed by atoms with Crippen LogP contribution in [-0.2, 0) is 0 Å². The number of rotatable bonds is 3. The van der Waals surface area contributed by atoms with Gasteiger partial charge in [-0.25, -0.2) is 0 Å². The van der Waals surface area contributed by atoms with Crippen molar-refractivity contribution >= 4 is 11.6 Å². The van der Waals surface area contributed by atoms with Crippen molar-refractivity contribution in [2.24, 2.45) is 5.73 Å². The summed E-state index contributed by atoms with van der Waals surface area (Å²) in [5, 5.41) is 13.1. The molecule has 0 unspecified atom stereocenters. The molecule has 0 spiro atoms. The molecule has 4 heteroatoms. The summed E-state index contributed by atoms with van der Waals surface area (Å²) < 4.78 is 0. The average Bonchev–Trinajstić information content (AvgIpc) is 2.32. The number of carbonyl (C=O) groups is 1. The van der Waals surface area contributed by atoms with Crippen molar-refractivity contribution < 1.29 is 9.90 Å². The van der Waals surface area contributed by atoms with Crippen LogP contribution in [0.15, 0.2) is 24.3 Å². The second-order valence-corrected chi connectivity index (χ2v) is 4.55. The van der Waals surface area contributed by atoms with Gasteiger partial charge in [-0.05, 0) is 31.0 Å². The molecule has 17 heavy (non-hydrogen) atoms. The van der Waals surface area contributed by atoms with Crippen molar-refractivity contribution in [3.63, 3.8) is 0 Å². The highest BCUT2D eigenvalue weighted by Crippen LogP contribution is 2.22. The van der Waals surface area contributed by atoms with E-state index >= 15 is 0 Å². The number of hydrogen-bond donors (Lipinski definition) is 3. The lowest BCUT2D eigenvalue weighted by molar-refractivity contribution is 0.100. The molecule has 1 saturated carbocycles. The van der Waals surface area contributed by atoms with Gasteiger partial charge in [-0.1, -0.05) is 18.9 Å². The fraction of sp³-hybridized carbons (Fsp3) is 0.462. The summed E-state index contributed by atoms with van der Waals surface area (Å²) in [5.74, 6) is -0.433. The Morgan fingerprint density at radius 1 is 1.35 bits per heavy atom. The van der Waals surface area contributed by atoms with Gasteiger partial charge in [-0.2, -0.15) is 0 Å². The molecule has 1 aromatic carbocycles. The van der Waals surface area contributed by atoms with Crippen LogP contribution in [0.3, 0.4) is 0 Å². The zero-order valence-electron chi connectivity index (χ0n) is 9.73. The molecule has 1 aromatic rings. The first-order chi connectivity index (χ1) is 8.16. The molecule has 1 aliphatic rings. The molecule has 1 amide bonds. The Balaban J connectivity index is 2.07. The second-order valence-electron chi connectivity index (χ2n) is 4.55. The molecule has 1 fully saturated rings. The second kappa shape index (κ2) is 5.19. The molecule has 2 atom stereocenters. The van der Waals surface area contributed by atoms with Gasteiger partial charge in [0, 0.05) is 11.3 Å². The van der Waals surface area contributed by atoms with E-state index in [0.717, 1.165) is 31.4 Å². The minimum Gasteiger partial charge on any atom is -0.391 e. The van der Waals surface area contributed by atoms with Crippen molar-refractivity contribution in [3.05, 3.63) is 29.8 Å². The first kappa shape index (κ1) is 11.9. The number of nitrogens with two attached hydrogens (primary N) is 1. The summed E-state index contributed by atoms with van der Waals surface area (Å²) in [7, 11) is 0. The summed E-state index contributed by atoms with van der Waals surface area (Å²) >= 11 is 0. The lowest BCUT2D eigenvalue weighted by atomic mass is 9.92. The zero-order chi connectivity index (χ0) is 12.3. The van der Waals surface area contributed by atoms with E-state index in [4.69, 9.17) is 5.73 Å². The maximum absolute atomic E-state index is 11.1. The fourth-order valence-electron chi connectivity index (χ4n) is 2.26. The van der Waals surface area contributed by atoms with E-state index in [0.29, 0.717) is 5.56 Å². The Morgan fingerprint density at radius 2 is 2.12 bits per heavy atom. The molecule has 0 bridgehead atoms. The maximum atomic E-state index is 11.1. The summed E-state index contributed by atoms with van der Waals surface area (Å²) in [6.07, 6.45) is 3.71. The lowest BCUT2D eigenvalue weighted by Crippen LogP contribution is -2.36. The standard InChI is InChI=1S/C13H18N2O2/c14-13(17)9-4-3-5-10(8-9)15-11-6-1-2-7-12(11)16/h3-5,8,11-12,15-16H,1-2,6-7H2,(H2,14,17)/t11-,12-/m1/s1. The van der Waals surface area contributed by atoms with Gasteiger partial charge in [0.1, 0.15) is 0 Å². The highest BCUT2D eigenvalue weighted by atomic mass is 16.3. The maximum Gasteiger partial charge on any atom is 0.248 e. The van der Waals surface area contributed by atoms with Crippen molar-refractivity contribution in [2.45, 2.75) is 37.8 Å². The van der Waals surface area contributed by atoms with E-state index in [1.807, 2.05) is 6.07 Å². The van der Waals surface area contributed by atoms with E-state index in [1.165, 1.54) is 0 Å². The molecule has 92 valence electrons. The van der Waals surface area contributed by atoms with Crippen molar-refractivity contribution in [1.29, 1.82) is 0 Å². The minimum absolute atomic E-state index is 0.0758. The van der Waals surface area contributed by atoms with Crippen LogP contribution < -0.4 is 11.1 Å². The third kappa shape index (κ3) is 2.97. The summed E-state index contributed by atoms with van der Waals surface area (Å²) in [6, 6.07) is 7.16. The molecule has 2 rings (SSSR count). The zero-order valence-corrected chi connectivity index (χ0v) is 9.73. The number of amides is 1. The number of benzene rings is 1. The summed E-state index contributed by atoms with van der Waals surface area (Å²) in [5.41, 5.74) is 6.55. The molecule has 0 heterocycles. The minimum atomic E-state index is -0.433. The topological polar surface area (TPSA) is 75.4 Å². The normalized spacial score (nSPS) is 24.3. The van der Waals surface area contributed by atoms with Crippen LogP contribution in [0.25, 0.3) is 0 Å². The van der Waals surface area contributed by atoms with Crippen molar-refractivity contribution in [3.8, 4) is 0 Å². The third-order valence-corrected chi connectivity index (χ3v) is 3.23. The summed E-state index contributed by atoms with van der Waals surface area (Å²) in [4.78, 5) is 11.1. The van der Waals surface area contributed by atoms with Crippen molar-refractivity contribution in [1.82, 2.24) is 0 Å². The Labute approximate surface area is 101 Å². The number of primary amides is 1. The van der Waals surface area contributed by atoms with Crippen LogP contribution in [0.4, 0.5) is 5.69 Å². The molecule has 4 N–H and O–H groups in total. The molecule has 0 saturated heterocycles. The van der Waals surface area contributed by atoms with Crippen LogP contribution in [0.2, 0.25) is 0 Å². The van der Waals surface area contributed by atoms with Crippen LogP contribution >= 0.6 is 0 Å². The fourth-order valence-corrected chi connectivity index (χ4v) is 2.26. The number of nitrogens with one attached hydrogen (secondary N) is 1.